The lowest BCUT2D eigenvalue weighted by Gasteiger charge is -2.32. The third-order valence-electron chi connectivity index (χ3n) is 8.99. The summed E-state index contributed by atoms with van der Waals surface area (Å²) in [6.07, 6.45) is 0. The molecule has 0 N–H and O–H groups in total. The monoisotopic (exact) mass is 510 g/mol. The summed E-state index contributed by atoms with van der Waals surface area (Å²) in [6.45, 7) is 8.48. The lowest BCUT2D eigenvalue weighted by molar-refractivity contribution is 0.00578. The molecular weight excluding hydrogens is 479 g/mol. The van der Waals surface area contributed by atoms with E-state index in [4.69, 9.17) is 9.31 Å². The van der Waals surface area contributed by atoms with Crippen LogP contribution in [0.5, 0.6) is 0 Å². The van der Waals surface area contributed by atoms with Gasteiger partial charge >= 0.3 is 7.12 Å². The minimum Gasteiger partial charge on any atom is -0.399 e. The molecule has 7 rings (SSSR count). The molecule has 5 aromatic rings. The van der Waals surface area contributed by atoms with Gasteiger partial charge < -0.3 is 9.31 Å². The van der Waals surface area contributed by atoms with E-state index in [0.29, 0.717) is 0 Å². The summed E-state index contributed by atoms with van der Waals surface area (Å²) in [4.78, 5) is 0. The Hall–Kier alpha value is -3.44. The summed E-state index contributed by atoms with van der Waals surface area (Å²) in [5.74, 6) is 0. The summed E-state index contributed by atoms with van der Waals surface area (Å²) in [5.41, 5.74) is 2.98. The van der Waals surface area contributed by atoms with E-state index in [2.05, 4.69) is 143 Å². The summed E-state index contributed by atoms with van der Waals surface area (Å²) < 4.78 is 13.1. The first-order valence-corrected chi connectivity index (χ1v) is 15.5. The lowest BCUT2D eigenvalue weighted by atomic mass is 9.78. The van der Waals surface area contributed by atoms with Crippen molar-refractivity contribution in [1.82, 2.24) is 0 Å². The van der Waals surface area contributed by atoms with Crippen LogP contribution in [0.1, 0.15) is 27.7 Å². The van der Waals surface area contributed by atoms with Gasteiger partial charge in [-0.1, -0.05) is 115 Å². The zero-order valence-corrected chi connectivity index (χ0v) is 23.4. The fraction of sp³-hybridized carbons (Fsp3) is 0.176. The number of benzene rings is 5. The molecule has 0 saturated carbocycles. The van der Waals surface area contributed by atoms with Gasteiger partial charge in [0.2, 0.25) is 0 Å². The van der Waals surface area contributed by atoms with Gasteiger partial charge in [-0.05, 0) is 75.8 Å². The first kappa shape index (κ1) is 23.7. The van der Waals surface area contributed by atoms with E-state index in [-0.39, 0.29) is 11.2 Å². The maximum atomic E-state index is 6.53. The molecule has 2 heterocycles. The molecule has 0 spiro atoms. The molecule has 5 aromatic carbocycles. The van der Waals surface area contributed by atoms with Crippen LogP contribution in [0.15, 0.2) is 115 Å². The highest BCUT2D eigenvalue weighted by molar-refractivity contribution is 7.23. The average molecular weight is 511 g/mol. The van der Waals surface area contributed by atoms with Crippen molar-refractivity contribution in [3.05, 3.63) is 115 Å². The van der Waals surface area contributed by atoms with Crippen molar-refractivity contribution < 1.29 is 9.31 Å². The van der Waals surface area contributed by atoms with Crippen LogP contribution < -0.4 is 26.2 Å². The molecule has 0 radical (unpaired) electrons. The van der Waals surface area contributed by atoms with Gasteiger partial charge in [0.25, 0.3) is 0 Å². The Balaban J connectivity index is 1.57. The van der Waals surface area contributed by atoms with Gasteiger partial charge in [-0.15, -0.1) is 0 Å². The van der Waals surface area contributed by atoms with E-state index in [9.17, 15) is 0 Å². The smallest absolute Gasteiger partial charge is 0.399 e. The van der Waals surface area contributed by atoms with Gasteiger partial charge in [0.1, 0.15) is 0 Å². The average Bonchev–Trinajstić information content (AvgIpc) is 3.35. The van der Waals surface area contributed by atoms with E-state index in [1.807, 2.05) is 0 Å². The molecule has 1 saturated heterocycles. The SMILES string of the molecule is CC1(C)OB(c2ccc3c(c2)[Si](c2ccccc2)(c2cccc4ccccc24)c2ccccc2-3)OC1(C)C. The molecule has 0 aliphatic carbocycles. The predicted molar refractivity (Wildman–Crippen MR) is 162 cm³/mol. The van der Waals surface area contributed by atoms with Crippen LogP contribution in [0.3, 0.4) is 0 Å². The third-order valence-corrected chi connectivity index (χ3v) is 13.9. The van der Waals surface area contributed by atoms with Crippen molar-refractivity contribution in [3.63, 3.8) is 0 Å². The van der Waals surface area contributed by atoms with E-state index in [1.54, 1.807) is 0 Å². The van der Waals surface area contributed by atoms with E-state index >= 15 is 0 Å². The van der Waals surface area contributed by atoms with Crippen LogP contribution in [0.25, 0.3) is 21.9 Å². The van der Waals surface area contributed by atoms with Gasteiger partial charge in [-0.25, -0.2) is 0 Å². The predicted octanol–water partition coefficient (Wildman–Crippen LogP) is 4.50. The van der Waals surface area contributed by atoms with Crippen molar-refractivity contribution in [2.45, 2.75) is 38.9 Å². The molecule has 0 amide bonds. The quantitative estimate of drug-likeness (QED) is 0.327. The fourth-order valence-electron chi connectivity index (χ4n) is 6.42. The number of rotatable bonds is 3. The standard InChI is InChI=1S/C34H31BO2Si/c1-33(2)34(3,4)37-35(36-33)25-21-22-29-28-18-10-11-19-31(28)38(32(29)23-25,26-15-6-5-7-16-26)30-20-12-14-24-13-8-9-17-27(24)30/h5-23H,1-4H3. The van der Waals surface area contributed by atoms with Crippen LogP contribution in [-0.4, -0.2) is 26.4 Å². The third kappa shape index (κ3) is 3.21. The highest BCUT2D eigenvalue weighted by atomic mass is 28.3. The second-order valence-electron chi connectivity index (χ2n) is 11.6. The zero-order chi connectivity index (χ0) is 26.1. The molecule has 1 atom stereocenters. The highest BCUT2D eigenvalue weighted by Gasteiger charge is 2.53. The van der Waals surface area contributed by atoms with Crippen molar-refractivity contribution in [2.24, 2.45) is 0 Å². The summed E-state index contributed by atoms with van der Waals surface area (Å²) in [5, 5.41) is 8.29. The van der Waals surface area contributed by atoms with Crippen LogP contribution >= 0.6 is 0 Å². The Kier molecular flexibility index (Phi) is 5.16. The van der Waals surface area contributed by atoms with Crippen molar-refractivity contribution >= 4 is 52.2 Å². The molecule has 1 fully saturated rings. The first-order valence-electron chi connectivity index (χ1n) is 13.5. The minimum absolute atomic E-state index is 0.386. The summed E-state index contributed by atoms with van der Waals surface area (Å²) in [6, 6.07) is 42.8. The molecule has 2 nitrogen and oxygen atoms in total. The van der Waals surface area contributed by atoms with Crippen LogP contribution in [-0.2, 0) is 9.31 Å². The Morgan fingerprint density at radius 2 is 1.16 bits per heavy atom. The zero-order valence-electron chi connectivity index (χ0n) is 22.4. The molecule has 2 aliphatic rings. The molecule has 1 unspecified atom stereocenters. The topological polar surface area (TPSA) is 18.5 Å². The van der Waals surface area contributed by atoms with Gasteiger partial charge in [0.05, 0.1) is 11.2 Å². The first-order chi connectivity index (χ1) is 18.3. The summed E-state index contributed by atoms with van der Waals surface area (Å²) in [7, 11) is -3.05. The molecule has 2 aliphatic heterocycles. The van der Waals surface area contributed by atoms with Crippen molar-refractivity contribution in [3.8, 4) is 11.1 Å². The molecule has 186 valence electrons. The largest absolute Gasteiger partial charge is 0.494 e. The Bertz CT molecular complexity index is 1670. The van der Waals surface area contributed by atoms with Crippen molar-refractivity contribution in [2.75, 3.05) is 0 Å². The fourth-order valence-corrected chi connectivity index (χ4v) is 11.9. The molecule has 0 bridgehead atoms. The second kappa shape index (κ2) is 8.28. The van der Waals surface area contributed by atoms with E-state index in [1.165, 1.54) is 42.6 Å². The van der Waals surface area contributed by atoms with Gasteiger partial charge in [-0.2, -0.15) is 0 Å². The molecule has 38 heavy (non-hydrogen) atoms. The normalized spacial score (nSPS) is 20.9. The number of hydrogen-bond acceptors (Lipinski definition) is 2. The van der Waals surface area contributed by atoms with E-state index in [0.717, 1.165) is 5.46 Å². The Morgan fingerprint density at radius 1 is 0.553 bits per heavy atom. The van der Waals surface area contributed by atoms with Gasteiger partial charge in [0.15, 0.2) is 8.07 Å². The van der Waals surface area contributed by atoms with Gasteiger partial charge in [-0.3, -0.25) is 0 Å². The molecule has 0 aromatic heterocycles. The second-order valence-corrected chi connectivity index (χ2v) is 15.3. The van der Waals surface area contributed by atoms with Gasteiger partial charge in [0, 0.05) is 0 Å². The maximum Gasteiger partial charge on any atom is 0.494 e. The van der Waals surface area contributed by atoms with Crippen LogP contribution in [0.2, 0.25) is 0 Å². The Labute approximate surface area is 226 Å². The lowest BCUT2D eigenvalue weighted by Crippen LogP contribution is -2.73. The number of fused-ring (bicyclic) bond motifs is 4. The Morgan fingerprint density at radius 3 is 1.95 bits per heavy atom. The maximum absolute atomic E-state index is 6.53. The highest BCUT2D eigenvalue weighted by Crippen LogP contribution is 2.37. The molecular formula is C34H31BO2Si. The number of hydrogen-bond donors (Lipinski definition) is 0. The van der Waals surface area contributed by atoms with E-state index < -0.39 is 15.2 Å². The molecule has 4 heteroatoms. The van der Waals surface area contributed by atoms with Crippen LogP contribution in [0.4, 0.5) is 0 Å². The van der Waals surface area contributed by atoms with Crippen molar-refractivity contribution in [1.29, 1.82) is 0 Å². The minimum atomic E-state index is -2.66. The summed E-state index contributed by atoms with van der Waals surface area (Å²) >= 11 is 0. The van der Waals surface area contributed by atoms with Crippen LogP contribution in [0, 0.1) is 0 Å².